The van der Waals surface area contributed by atoms with Crippen molar-refractivity contribution in [2.24, 2.45) is 5.92 Å². The molecule has 2 N–H and O–H groups in total. The Morgan fingerprint density at radius 3 is 2.94 bits per heavy atom. The summed E-state index contributed by atoms with van der Waals surface area (Å²) in [4.78, 5) is 10.9. The van der Waals surface area contributed by atoms with E-state index in [1.54, 1.807) is 0 Å². The second-order valence-electron chi connectivity index (χ2n) is 4.75. The second kappa shape index (κ2) is 7.17. The van der Waals surface area contributed by atoms with Crippen molar-refractivity contribution in [2.45, 2.75) is 51.1 Å². The molecule has 0 aromatic heterocycles. The molecule has 1 fully saturated rings. The summed E-state index contributed by atoms with van der Waals surface area (Å²) in [6, 6.07) is 0.914. The van der Waals surface area contributed by atoms with Gasteiger partial charge in [0.15, 0.2) is 0 Å². The van der Waals surface area contributed by atoms with Crippen molar-refractivity contribution in [1.82, 2.24) is 5.32 Å². The minimum Gasteiger partial charge on any atom is -0.481 e. The molecular weight excluding hydrogens is 222 g/mol. The molecule has 1 aliphatic carbocycles. The zero-order valence-electron chi connectivity index (χ0n) is 10.2. The molecule has 1 aliphatic rings. The highest BCUT2D eigenvalue weighted by molar-refractivity contribution is 7.98. The Morgan fingerprint density at radius 2 is 2.31 bits per heavy atom. The molecule has 0 spiro atoms. The maximum atomic E-state index is 10.9. The fraction of sp³-hybridized carbons (Fsp3) is 0.917. The van der Waals surface area contributed by atoms with Crippen LogP contribution in [-0.2, 0) is 4.79 Å². The minimum atomic E-state index is -0.622. The first kappa shape index (κ1) is 13.8. The highest BCUT2D eigenvalue weighted by atomic mass is 32.2. The molecule has 0 aromatic rings. The monoisotopic (exact) mass is 245 g/mol. The van der Waals surface area contributed by atoms with E-state index < -0.39 is 5.97 Å². The fourth-order valence-corrected chi connectivity index (χ4v) is 2.94. The molecule has 0 amide bonds. The van der Waals surface area contributed by atoms with E-state index in [1.165, 1.54) is 5.75 Å². The van der Waals surface area contributed by atoms with E-state index in [4.69, 9.17) is 5.11 Å². The van der Waals surface area contributed by atoms with Gasteiger partial charge in [0.2, 0.25) is 0 Å². The van der Waals surface area contributed by atoms with Gasteiger partial charge in [0.25, 0.3) is 0 Å². The van der Waals surface area contributed by atoms with E-state index in [0.29, 0.717) is 12.1 Å². The Kier molecular flexibility index (Phi) is 6.21. The van der Waals surface area contributed by atoms with Crippen LogP contribution in [0.4, 0.5) is 0 Å². The molecular formula is C12H23NO2S. The Labute approximate surface area is 102 Å². The molecule has 0 radical (unpaired) electrons. The van der Waals surface area contributed by atoms with Crippen molar-refractivity contribution < 1.29 is 9.90 Å². The predicted octanol–water partition coefficient (Wildman–Crippen LogP) is 2.36. The number of aliphatic carboxylic acids is 1. The molecule has 3 unspecified atom stereocenters. The molecule has 3 nitrogen and oxygen atoms in total. The maximum absolute atomic E-state index is 10.9. The third-order valence-electron chi connectivity index (χ3n) is 3.30. The quantitative estimate of drug-likeness (QED) is 0.754. The smallest absolute Gasteiger partial charge is 0.306 e. The highest BCUT2D eigenvalue weighted by Gasteiger charge is 2.27. The van der Waals surface area contributed by atoms with Gasteiger partial charge < -0.3 is 10.4 Å². The number of hydrogen-bond acceptors (Lipinski definition) is 3. The maximum Gasteiger partial charge on any atom is 0.306 e. The summed E-state index contributed by atoms with van der Waals surface area (Å²) < 4.78 is 0. The molecule has 0 aliphatic heterocycles. The topological polar surface area (TPSA) is 49.3 Å². The highest BCUT2D eigenvalue weighted by Crippen LogP contribution is 2.24. The van der Waals surface area contributed by atoms with Gasteiger partial charge in [-0.1, -0.05) is 6.42 Å². The zero-order valence-corrected chi connectivity index (χ0v) is 11.1. The summed E-state index contributed by atoms with van der Waals surface area (Å²) in [5, 5.41) is 12.6. The normalized spacial score (nSPS) is 27.6. The van der Waals surface area contributed by atoms with Crippen LogP contribution in [0.5, 0.6) is 0 Å². The number of carboxylic acid groups (broad SMARTS) is 1. The largest absolute Gasteiger partial charge is 0.481 e. The van der Waals surface area contributed by atoms with Crippen LogP contribution >= 0.6 is 11.8 Å². The van der Waals surface area contributed by atoms with Crippen LogP contribution in [0.25, 0.3) is 0 Å². The molecule has 0 saturated heterocycles. The molecule has 1 saturated carbocycles. The molecule has 16 heavy (non-hydrogen) atoms. The summed E-state index contributed by atoms with van der Waals surface area (Å²) in [6.07, 6.45) is 7.12. The SMILES string of the molecule is CSCCC(C)NC1CCCC(C(=O)O)C1. The van der Waals surface area contributed by atoms with Crippen molar-refractivity contribution in [3.63, 3.8) is 0 Å². The Balaban J connectivity index is 2.28. The molecule has 1 rings (SSSR count). The van der Waals surface area contributed by atoms with Gasteiger partial charge in [0, 0.05) is 12.1 Å². The van der Waals surface area contributed by atoms with Crippen LogP contribution < -0.4 is 5.32 Å². The summed E-state index contributed by atoms with van der Waals surface area (Å²) in [5.41, 5.74) is 0. The molecule has 0 aromatic carbocycles. The molecule has 94 valence electrons. The average Bonchev–Trinajstić information content (AvgIpc) is 2.26. The van der Waals surface area contributed by atoms with Gasteiger partial charge in [0.1, 0.15) is 0 Å². The standard InChI is InChI=1S/C12H23NO2S/c1-9(6-7-16-2)13-11-5-3-4-10(8-11)12(14)15/h9-11,13H,3-8H2,1-2H3,(H,14,15). The van der Waals surface area contributed by atoms with Gasteiger partial charge in [-0.25, -0.2) is 0 Å². The van der Waals surface area contributed by atoms with Crippen LogP contribution in [0.15, 0.2) is 0 Å². The average molecular weight is 245 g/mol. The van der Waals surface area contributed by atoms with Gasteiger partial charge in [-0.05, 0) is 44.6 Å². The lowest BCUT2D eigenvalue weighted by atomic mass is 9.85. The third-order valence-corrected chi connectivity index (χ3v) is 3.94. The number of carbonyl (C=O) groups is 1. The Bertz CT molecular complexity index is 223. The van der Waals surface area contributed by atoms with Crippen molar-refractivity contribution in [3.8, 4) is 0 Å². The summed E-state index contributed by atoms with van der Waals surface area (Å²) in [5.74, 6) is 0.422. The molecule has 4 heteroatoms. The van der Waals surface area contributed by atoms with Gasteiger partial charge in [-0.2, -0.15) is 11.8 Å². The fourth-order valence-electron chi connectivity index (χ4n) is 2.35. The van der Waals surface area contributed by atoms with Crippen LogP contribution in [0.1, 0.15) is 39.0 Å². The summed E-state index contributed by atoms with van der Waals surface area (Å²) >= 11 is 1.86. The lowest BCUT2D eigenvalue weighted by Crippen LogP contribution is -2.41. The van der Waals surface area contributed by atoms with Crippen LogP contribution in [0, 0.1) is 5.92 Å². The van der Waals surface area contributed by atoms with Gasteiger partial charge in [-0.3, -0.25) is 4.79 Å². The van der Waals surface area contributed by atoms with E-state index in [2.05, 4.69) is 18.5 Å². The van der Waals surface area contributed by atoms with E-state index >= 15 is 0 Å². The van der Waals surface area contributed by atoms with Gasteiger partial charge in [0.05, 0.1) is 5.92 Å². The van der Waals surface area contributed by atoms with Crippen LogP contribution in [0.3, 0.4) is 0 Å². The lowest BCUT2D eigenvalue weighted by molar-refractivity contribution is -0.143. The number of rotatable bonds is 6. The van der Waals surface area contributed by atoms with Crippen molar-refractivity contribution in [1.29, 1.82) is 0 Å². The minimum absolute atomic E-state index is 0.126. The lowest BCUT2D eigenvalue weighted by Gasteiger charge is -2.30. The molecule has 0 bridgehead atoms. The Hall–Kier alpha value is -0.220. The Morgan fingerprint density at radius 1 is 1.56 bits per heavy atom. The predicted molar refractivity (Wildman–Crippen MR) is 69.0 cm³/mol. The first-order valence-electron chi connectivity index (χ1n) is 6.11. The molecule has 0 heterocycles. The summed E-state index contributed by atoms with van der Waals surface area (Å²) in [7, 11) is 0. The van der Waals surface area contributed by atoms with Gasteiger partial charge in [-0.15, -0.1) is 0 Å². The van der Waals surface area contributed by atoms with Gasteiger partial charge >= 0.3 is 5.97 Å². The molecule has 3 atom stereocenters. The van der Waals surface area contributed by atoms with Crippen molar-refractivity contribution >= 4 is 17.7 Å². The van der Waals surface area contributed by atoms with Crippen LogP contribution in [-0.4, -0.2) is 35.2 Å². The van der Waals surface area contributed by atoms with E-state index in [1.807, 2.05) is 11.8 Å². The van der Waals surface area contributed by atoms with Crippen molar-refractivity contribution in [2.75, 3.05) is 12.0 Å². The number of thioether (sulfide) groups is 1. The number of nitrogens with one attached hydrogen (secondary N) is 1. The van der Waals surface area contributed by atoms with Crippen LogP contribution in [0.2, 0.25) is 0 Å². The number of carboxylic acids is 1. The first-order chi connectivity index (χ1) is 7.63. The second-order valence-corrected chi connectivity index (χ2v) is 5.73. The summed E-state index contributed by atoms with van der Waals surface area (Å²) in [6.45, 7) is 2.20. The van der Waals surface area contributed by atoms with E-state index in [9.17, 15) is 4.79 Å². The third kappa shape index (κ3) is 4.74. The van der Waals surface area contributed by atoms with E-state index in [0.717, 1.165) is 32.1 Å². The zero-order chi connectivity index (χ0) is 12.0. The number of hydrogen-bond donors (Lipinski definition) is 2. The van der Waals surface area contributed by atoms with E-state index in [-0.39, 0.29) is 5.92 Å². The van der Waals surface area contributed by atoms with Crippen molar-refractivity contribution in [3.05, 3.63) is 0 Å². The first-order valence-corrected chi connectivity index (χ1v) is 7.50.